The quantitative estimate of drug-likeness (QED) is 0.549. The summed E-state index contributed by atoms with van der Waals surface area (Å²) in [6, 6.07) is 12.1. The van der Waals surface area contributed by atoms with Crippen molar-refractivity contribution in [1.29, 1.82) is 0 Å². The Morgan fingerprint density at radius 2 is 1.62 bits per heavy atom. The van der Waals surface area contributed by atoms with Crippen LogP contribution in [0.5, 0.6) is 0 Å². The second kappa shape index (κ2) is 10.0. The summed E-state index contributed by atoms with van der Waals surface area (Å²) in [5, 5.41) is 13.5. The van der Waals surface area contributed by atoms with Crippen LogP contribution in [0.3, 0.4) is 0 Å². The summed E-state index contributed by atoms with van der Waals surface area (Å²) >= 11 is 0. The average molecular weight is 438 g/mol. The van der Waals surface area contributed by atoms with Gasteiger partial charge in [0, 0.05) is 49.4 Å². The molecule has 1 aliphatic rings. The van der Waals surface area contributed by atoms with Gasteiger partial charge >= 0.3 is 0 Å². The van der Waals surface area contributed by atoms with Gasteiger partial charge in [0.15, 0.2) is 0 Å². The maximum atomic E-state index is 12.8. The van der Waals surface area contributed by atoms with Gasteiger partial charge in [0.1, 0.15) is 6.04 Å². The molecule has 1 unspecified atom stereocenters. The van der Waals surface area contributed by atoms with Crippen molar-refractivity contribution in [2.45, 2.75) is 26.3 Å². The number of nitro benzene ring substituents is 1. The van der Waals surface area contributed by atoms with E-state index in [1.165, 1.54) is 24.3 Å². The first kappa shape index (κ1) is 22.9. The number of nitrogens with zero attached hydrogens (tertiary/aromatic N) is 3. The summed E-state index contributed by atoms with van der Waals surface area (Å²) in [6.45, 7) is 5.19. The van der Waals surface area contributed by atoms with Gasteiger partial charge in [-0.2, -0.15) is 0 Å². The molecule has 0 bridgehead atoms. The minimum Gasteiger partial charge on any atom is -0.341 e. The second-order valence-corrected chi connectivity index (χ2v) is 7.67. The van der Waals surface area contributed by atoms with Crippen molar-refractivity contribution in [3.8, 4) is 0 Å². The Labute approximate surface area is 186 Å². The average Bonchev–Trinajstić information content (AvgIpc) is 2.83. The number of non-ortho nitro benzene ring substituents is 1. The molecule has 32 heavy (non-hydrogen) atoms. The molecule has 0 spiro atoms. The minimum absolute atomic E-state index is 0.0632. The topological polar surface area (TPSA) is 113 Å². The molecule has 2 aromatic rings. The third-order valence-electron chi connectivity index (χ3n) is 5.52. The van der Waals surface area contributed by atoms with E-state index in [-0.39, 0.29) is 23.1 Å². The Balaban J connectivity index is 1.54. The first-order valence-electron chi connectivity index (χ1n) is 10.5. The predicted molar refractivity (Wildman–Crippen MR) is 118 cm³/mol. The number of benzene rings is 2. The maximum absolute atomic E-state index is 12.8. The van der Waals surface area contributed by atoms with E-state index < -0.39 is 16.9 Å². The highest BCUT2D eigenvalue weighted by Gasteiger charge is 2.28. The van der Waals surface area contributed by atoms with E-state index in [9.17, 15) is 24.5 Å². The lowest BCUT2D eigenvalue weighted by Gasteiger charge is -2.36. The van der Waals surface area contributed by atoms with Crippen molar-refractivity contribution < 1.29 is 19.3 Å². The molecule has 2 aromatic carbocycles. The van der Waals surface area contributed by atoms with Crippen LogP contribution in [-0.4, -0.2) is 64.7 Å². The van der Waals surface area contributed by atoms with Gasteiger partial charge in [-0.05, 0) is 37.1 Å². The van der Waals surface area contributed by atoms with Gasteiger partial charge in [-0.3, -0.25) is 24.5 Å². The normalized spacial score (nSPS) is 14.6. The monoisotopic (exact) mass is 438 g/mol. The van der Waals surface area contributed by atoms with Crippen molar-refractivity contribution in [3.63, 3.8) is 0 Å². The van der Waals surface area contributed by atoms with Gasteiger partial charge in [-0.25, -0.2) is 0 Å². The van der Waals surface area contributed by atoms with Gasteiger partial charge in [0.25, 0.3) is 17.5 Å². The van der Waals surface area contributed by atoms with E-state index in [0.29, 0.717) is 31.7 Å². The fourth-order valence-electron chi connectivity index (χ4n) is 3.57. The molecule has 1 N–H and O–H groups in total. The molecule has 0 aromatic heterocycles. The fraction of sp³-hybridized carbons (Fsp3) is 0.348. The van der Waals surface area contributed by atoms with Gasteiger partial charge in [-0.1, -0.05) is 25.1 Å². The number of hydrogen-bond acceptors (Lipinski definition) is 5. The van der Waals surface area contributed by atoms with Crippen LogP contribution in [0.2, 0.25) is 0 Å². The summed E-state index contributed by atoms with van der Waals surface area (Å²) in [5.41, 5.74) is 1.71. The van der Waals surface area contributed by atoms with Crippen LogP contribution in [0, 0.1) is 10.1 Å². The molecule has 1 atom stereocenters. The zero-order valence-electron chi connectivity index (χ0n) is 18.1. The van der Waals surface area contributed by atoms with Crippen LogP contribution < -0.4 is 5.32 Å². The standard InChI is InChI=1S/C23H26N4O5/c1-3-17-7-9-18(10-8-17)23(30)26-13-11-25(12-14-26)22(29)16(2)24-21(28)19-5-4-6-20(15-19)27(31)32/h4-10,15-16H,3,11-14H2,1-2H3,(H,24,28). The van der Waals surface area contributed by atoms with E-state index in [1.807, 2.05) is 24.3 Å². The first-order chi connectivity index (χ1) is 15.3. The predicted octanol–water partition coefficient (Wildman–Crippen LogP) is 2.26. The lowest BCUT2D eigenvalue weighted by atomic mass is 10.1. The number of carbonyl (C=O) groups excluding carboxylic acids is 3. The van der Waals surface area contributed by atoms with Crippen LogP contribution in [-0.2, 0) is 11.2 Å². The number of nitrogens with one attached hydrogen (secondary N) is 1. The van der Waals surface area contributed by atoms with Crippen molar-refractivity contribution in [2.24, 2.45) is 0 Å². The lowest BCUT2D eigenvalue weighted by molar-refractivity contribution is -0.384. The lowest BCUT2D eigenvalue weighted by Crippen LogP contribution is -2.55. The molecule has 3 rings (SSSR count). The molecule has 1 heterocycles. The minimum atomic E-state index is -0.800. The Hall–Kier alpha value is -3.75. The molecule has 3 amide bonds. The number of amides is 3. The third kappa shape index (κ3) is 5.29. The number of nitro groups is 1. The Morgan fingerprint density at radius 3 is 2.22 bits per heavy atom. The van der Waals surface area contributed by atoms with Gasteiger partial charge in [0.2, 0.25) is 5.91 Å². The highest BCUT2D eigenvalue weighted by atomic mass is 16.6. The highest BCUT2D eigenvalue weighted by molar-refractivity contribution is 5.98. The van der Waals surface area contributed by atoms with E-state index >= 15 is 0 Å². The van der Waals surface area contributed by atoms with Gasteiger partial charge < -0.3 is 15.1 Å². The fourth-order valence-corrected chi connectivity index (χ4v) is 3.57. The van der Waals surface area contributed by atoms with Crippen molar-refractivity contribution in [3.05, 3.63) is 75.3 Å². The van der Waals surface area contributed by atoms with E-state index in [4.69, 9.17) is 0 Å². The smallest absolute Gasteiger partial charge is 0.270 e. The van der Waals surface area contributed by atoms with Crippen LogP contribution >= 0.6 is 0 Å². The van der Waals surface area contributed by atoms with Gasteiger partial charge in [-0.15, -0.1) is 0 Å². The molecule has 168 valence electrons. The Kier molecular flexibility index (Phi) is 7.19. The molecule has 1 fully saturated rings. The molecule has 1 saturated heterocycles. The third-order valence-corrected chi connectivity index (χ3v) is 5.52. The number of aryl methyl sites for hydroxylation is 1. The molecule has 1 aliphatic heterocycles. The number of carbonyl (C=O) groups is 3. The van der Waals surface area contributed by atoms with Crippen LogP contribution in [0.25, 0.3) is 0 Å². The summed E-state index contributed by atoms with van der Waals surface area (Å²) in [5.74, 6) is -0.881. The molecule has 0 aliphatic carbocycles. The number of hydrogen-bond donors (Lipinski definition) is 1. The Morgan fingerprint density at radius 1 is 1.00 bits per heavy atom. The molecule has 0 radical (unpaired) electrons. The van der Waals surface area contributed by atoms with Crippen LogP contribution in [0.4, 0.5) is 5.69 Å². The highest BCUT2D eigenvalue weighted by Crippen LogP contribution is 2.14. The van der Waals surface area contributed by atoms with Crippen LogP contribution in [0.15, 0.2) is 48.5 Å². The van der Waals surface area contributed by atoms with Crippen molar-refractivity contribution >= 4 is 23.4 Å². The van der Waals surface area contributed by atoms with Crippen molar-refractivity contribution in [1.82, 2.24) is 15.1 Å². The molecule has 9 nitrogen and oxygen atoms in total. The molecule has 9 heteroatoms. The van der Waals surface area contributed by atoms with E-state index in [0.717, 1.165) is 12.0 Å². The Bertz CT molecular complexity index is 1010. The van der Waals surface area contributed by atoms with Crippen molar-refractivity contribution in [2.75, 3.05) is 26.2 Å². The molecular formula is C23H26N4O5. The summed E-state index contributed by atoms with van der Waals surface area (Å²) < 4.78 is 0. The first-order valence-corrected chi connectivity index (χ1v) is 10.5. The summed E-state index contributed by atoms with van der Waals surface area (Å²) in [7, 11) is 0. The van der Waals surface area contributed by atoms with E-state index in [1.54, 1.807) is 16.7 Å². The zero-order chi connectivity index (χ0) is 23.3. The summed E-state index contributed by atoms with van der Waals surface area (Å²) in [6.07, 6.45) is 0.908. The van der Waals surface area contributed by atoms with Crippen LogP contribution in [0.1, 0.15) is 40.1 Å². The second-order valence-electron chi connectivity index (χ2n) is 7.67. The zero-order valence-corrected chi connectivity index (χ0v) is 18.1. The van der Waals surface area contributed by atoms with Gasteiger partial charge in [0.05, 0.1) is 4.92 Å². The largest absolute Gasteiger partial charge is 0.341 e. The summed E-state index contributed by atoms with van der Waals surface area (Å²) in [4.78, 5) is 51.5. The molecular weight excluding hydrogens is 412 g/mol. The SMILES string of the molecule is CCc1ccc(C(=O)N2CCN(C(=O)C(C)NC(=O)c3cccc([N+](=O)[O-])c3)CC2)cc1. The van der Waals surface area contributed by atoms with E-state index in [2.05, 4.69) is 12.2 Å². The number of rotatable bonds is 6. The molecule has 0 saturated carbocycles. The number of piperazine rings is 1. The maximum Gasteiger partial charge on any atom is 0.270 e.